The zero-order valence-corrected chi connectivity index (χ0v) is 11.6. The predicted octanol–water partition coefficient (Wildman–Crippen LogP) is 2.58. The maximum absolute atomic E-state index is 10.7. The standard InChI is InChI=1S/C16H17NO4/c1-16(11-18,13-5-3-2-4-6-13)15(19)12-7-9-14(10-8-12)17(20)21/h2-10,15,18-19H,11H2,1H3/t15-,16-/m0/s1. The molecule has 0 heterocycles. The zero-order chi connectivity index (χ0) is 15.5. The average Bonchev–Trinajstić information content (AvgIpc) is 2.54. The first kappa shape index (κ1) is 15.2. The molecule has 21 heavy (non-hydrogen) atoms. The second-order valence-electron chi connectivity index (χ2n) is 5.19. The van der Waals surface area contributed by atoms with Crippen LogP contribution in [0.5, 0.6) is 0 Å². The second-order valence-corrected chi connectivity index (χ2v) is 5.19. The van der Waals surface area contributed by atoms with Crippen molar-refractivity contribution in [2.45, 2.75) is 18.4 Å². The van der Waals surface area contributed by atoms with E-state index in [4.69, 9.17) is 0 Å². The van der Waals surface area contributed by atoms with E-state index in [0.717, 1.165) is 5.56 Å². The third-order valence-corrected chi connectivity index (χ3v) is 3.78. The smallest absolute Gasteiger partial charge is 0.269 e. The van der Waals surface area contributed by atoms with Gasteiger partial charge in [-0.2, -0.15) is 0 Å². The third kappa shape index (κ3) is 2.94. The van der Waals surface area contributed by atoms with Crippen molar-refractivity contribution in [3.05, 3.63) is 75.8 Å². The summed E-state index contributed by atoms with van der Waals surface area (Å²) in [6.07, 6.45) is -0.967. The highest BCUT2D eigenvalue weighted by Gasteiger charge is 2.35. The summed E-state index contributed by atoms with van der Waals surface area (Å²) in [5.74, 6) is 0. The molecular weight excluding hydrogens is 270 g/mol. The molecule has 5 heteroatoms. The molecule has 0 aliphatic carbocycles. The van der Waals surface area contributed by atoms with Gasteiger partial charge in [0.2, 0.25) is 0 Å². The number of hydrogen-bond acceptors (Lipinski definition) is 4. The molecule has 2 aromatic rings. The zero-order valence-electron chi connectivity index (χ0n) is 11.6. The van der Waals surface area contributed by atoms with Crippen molar-refractivity contribution in [1.29, 1.82) is 0 Å². The van der Waals surface area contributed by atoms with Crippen LogP contribution in [-0.2, 0) is 5.41 Å². The van der Waals surface area contributed by atoms with E-state index in [-0.39, 0.29) is 12.3 Å². The number of nitrogens with zero attached hydrogens (tertiary/aromatic N) is 1. The topological polar surface area (TPSA) is 83.6 Å². The molecule has 2 aromatic carbocycles. The van der Waals surface area contributed by atoms with Crippen molar-refractivity contribution >= 4 is 5.69 Å². The van der Waals surface area contributed by atoms with Crippen LogP contribution in [0.15, 0.2) is 54.6 Å². The number of rotatable bonds is 5. The minimum absolute atomic E-state index is 0.0311. The van der Waals surface area contributed by atoms with E-state index in [2.05, 4.69) is 0 Å². The van der Waals surface area contributed by atoms with Gasteiger partial charge in [0, 0.05) is 17.5 Å². The predicted molar refractivity (Wildman–Crippen MR) is 78.9 cm³/mol. The fourth-order valence-corrected chi connectivity index (χ4v) is 2.30. The summed E-state index contributed by atoms with van der Waals surface area (Å²) in [6.45, 7) is 1.52. The molecule has 0 fully saturated rings. The maximum Gasteiger partial charge on any atom is 0.269 e. The van der Waals surface area contributed by atoms with Crippen LogP contribution in [0.3, 0.4) is 0 Å². The molecule has 0 radical (unpaired) electrons. The molecule has 0 saturated carbocycles. The molecule has 0 spiro atoms. The Morgan fingerprint density at radius 1 is 1.14 bits per heavy atom. The van der Waals surface area contributed by atoms with Gasteiger partial charge in [-0.3, -0.25) is 10.1 Å². The Morgan fingerprint density at radius 2 is 1.71 bits per heavy atom. The summed E-state index contributed by atoms with van der Waals surface area (Å²) < 4.78 is 0. The number of hydrogen-bond donors (Lipinski definition) is 2. The van der Waals surface area contributed by atoms with Gasteiger partial charge in [-0.25, -0.2) is 0 Å². The largest absolute Gasteiger partial charge is 0.395 e. The van der Waals surface area contributed by atoms with Gasteiger partial charge >= 0.3 is 0 Å². The van der Waals surface area contributed by atoms with E-state index in [0.29, 0.717) is 5.56 Å². The number of benzene rings is 2. The lowest BCUT2D eigenvalue weighted by molar-refractivity contribution is -0.384. The van der Waals surface area contributed by atoms with Gasteiger partial charge in [-0.05, 0) is 23.3 Å². The summed E-state index contributed by atoms with van der Waals surface area (Å²) in [5.41, 5.74) is 0.424. The first-order valence-corrected chi connectivity index (χ1v) is 6.58. The number of aliphatic hydroxyl groups is 2. The van der Waals surface area contributed by atoms with Crippen LogP contribution >= 0.6 is 0 Å². The monoisotopic (exact) mass is 287 g/mol. The fourth-order valence-electron chi connectivity index (χ4n) is 2.30. The van der Waals surface area contributed by atoms with E-state index < -0.39 is 16.4 Å². The van der Waals surface area contributed by atoms with Crippen LogP contribution < -0.4 is 0 Å². The van der Waals surface area contributed by atoms with Gasteiger partial charge in [0.1, 0.15) is 0 Å². The summed E-state index contributed by atoms with van der Waals surface area (Å²) in [5, 5.41) is 31.0. The van der Waals surface area contributed by atoms with Crippen LogP contribution in [0.2, 0.25) is 0 Å². The maximum atomic E-state index is 10.7. The van der Waals surface area contributed by atoms with Gasteiger partial charge in [-0.15, -0.1) is 0 Å². The van der Waals surface area contributed by atoms with Crippen LogP contribution in [0, 0.1) is 10.1 Å². The first-order chi connectivity index (χ1) is 9.99. The number of aliphatic hydroxyl groups excluding tert-OH is 2. The van der Waals surface area contributed by atoms with Gasteiger partial charge in [0.25, 0.3) is 5.69 Å². The molecule has 0 aliphatic heterocycles. The highest BCUT2D eigenvalue weighted by Crippen LogP contribution is 2.37. The van der Waals surface area contributed by atoms with Crippen molar-refractivity contribution in [2.24, 2.45) is 0 Å². The van der Waals surface area contributed by atoms with E-state index in [1.165, 1.54) is 24.3 Å². The van der Waals surface area contributed by atoms with E-state index in [1.54, 1.807) is 6.92 Å². The molecule has 2 atom stereocenters. The van der Waals surface area contributed by atoms with Crippen LogP contribution in [-0.4, -0.2) is 21.7 Å². The van der Waals surface area contributed by atoms with Crippen molar-refractivity contribution in [2.75, 3.05) is 6.61 Å². The van der Waals surface area contributed by atoms with Crippen molar-refractivity contribution in [1.82, 2.24) is 0 Å². The molecule has 0 saturated heterocycles. The van der Waals surface area contributed by atoms with Crippen molar-refractivity contribution in [3.8, 4) is 0 Å². The molecule has 2 N–H and O–H groups in total. The van der Waals surface area contributed by atoms with Crippen molar-refractivity contribution < 1.29 is 15.1 Å². The molecule has 0 amide bonds. The van der Waals surface area contributed by atoms with Gasteiger partial charge < -0.3 is 10.2 Å². The lowest BCUT2D eigenvalue weighted by Gasteiger charge is -2.33. The summed E-state index contributed by atoms with van der Waals surface area (Å²) >= 11 is 0. The number of non-ortho nitro benzene ring substituents is 1. The SMILES string of the molecule is C[C@](CO)(c1ccccc1)[C@@H](O)c1ccc([N+](=O)[O-])cc1. The van der Waals surface area contributed by atoms with E-state index in [1.807, 2.05) is 30.3 Å². The normalized spacial score (nSPS) is 15.2. The Morgan fingerprint density at radius 3 is 2.19 bits per heavy atom. The minimum atomic E-state index is -0.967. The third-order valence-electron chi connectivity index (χ3n) is 3.78. The molecule has 2 rings (SSSR count). The molecule has 0 bridgehead atoms. The molecular formula is C16H17NO4. The Bertz CT molecular complexity index is 612. The Hall–Kier alpha value is -2.24. The first-order valence-electron chi connectivity index (χ1n) is 6.58. The second kappa shape index (κ2) is 6.03. The van der Waals surface area contributed by atoms with Crippen LogP contribution in [0.4, 0.5) is 5.69 Å². The van der Waals surface area contributed by atoms with E-state index in [9.17, 15) is 20.3 Å². The highest BCUT2D eigenvalue weighted by molar-refractivity contribution is 5.37. The van der Waals surface area contributed by atoms with Gasteiger partial charge in [0.05, 0.1) is 17.6 Å². The van der Waals surface area contributed by atoms with Crippen LogP contribution in [0.25, 0.3) is 0 Å². The molecule has 0 unspecified atom stereocenters. The number of nitro groups is 1. The Balaban J connectivity index is 2.36. The van der Waals surface area contributed by atoms with E-state index >= 15 is 0 Å². The summed E-state index contributed by atoms with van der Waals surface area (Å²) in [4.78, 5) is 10.2. The summed E-state index contributed by atoms with van der Waals surface area (Å²) in [7, 11) is 0. The average molecular weight is 287 g/mol. The molecule has 110 valence electrons. The lowest BCUT2D eigenvalue weighted by Crippen LogP contribution is -2.34. The summed E-state index contributed by atoms with van der Waals surface area (Å²) in [6, 6.07) is 14.9. The lowest BCUT2D eigenvalue weighted by atomic mass is 9.75. The number of nitro benzene ring substituents is 1. The minimum Gasteiger partial charge on any atom is -0.395 e. The molecule has 0 aliphatic rings. The highest BCUT2D eigenvalue weighted by atomic mass is 16.6. The van der Waals surface area contributed by atoms with Crippen LogP contribution in [0.1, 0.15) is 24.2 Å². The quantitative estimate of drug-likeness (QED) is 0.654. The Kier molecular flexibility index (Phi) is 4.35. The Labute approximate surface area is 122 Å². The fraction of sp³-hybridized carbons (Fsp3) is 0.250. The van der Waals surface area contributed by atoms with Crippen molar-refractivity contribution in [3.63, 3.8) is 0 Å². The van der Waals surface area contributed by atoms with Gasteiger partial charge in [-0.1, -0.05) is 37.3 Å². The molecule has 5 nitrogen and oxygen atoms in total. The van der Waals surface area contributed by atoms with Gasteiger partial charge in [0.15, 0.2) is 0 Å². The molecule has 0 aromatic heterocycles.